The van der Waals surface area contributed by atoms with Crippen LogP contribution in [0.3, 0.4) is 0 Å². The first-order chi connectivity index (χ1) is 5.70. The molecule has 0 N–H and O–H groups in total. The molecule has 0 radical (unpaired) electrons. The lowest BCUT2D eigenvalue weighted by Crippen LogP contribution is -2.10. The minimum atomic E-state index is -0.402. The Morgan fingerprint density at radius 3 is 2.75 bits per heavy atom. The van der Waals surface area contributed by atoms with Crippen LogP contribution < -0.4 is 0 Å². The van der Waals surface area contributed by atoms with Gasteiger partial charge < -0.3 is 9.47 Å². The first-order valence-corrected chi connectivity index (χ1v) is 3.76. The highest BCUT2D eigenvalue weighted by atomic mass is 16.5. The predicted molar refractivity (Wildman–Crippen MR) is 46.5 cm³/mol. The van der Waals surface area contributed by atoms with Gasteiger partial charge in [-0.15, -0.1) is 0 Å². The lowest BCUT2D eigenvalue weighted by molar-refractivity contribution is -0.138. The summed E-state index contributed by atoms with van der Waals surface area (Å²) in [5.41, 5.74) is 0. The van der Waals surface area contributed by atoms with E-state index < -0.39 is 5.97 Å². The highest BCUT2D eigenvalue weighted by Gasteiger charge is 2.01. The molecule has 0 aromatic carbocycles. The molecule has 3 heteroatoms. The van der Waals surface area contributed by atoms with E-state index in [2.05, 4.69) is 13.2 Å². The maximum absolute atomic E-state index is 10.5. The zero-order valence-electron chi connectivity index (χ0n) is 7.29. The molecule has 0 aliphatic carbocycles. The number of hydrogen-bond acceptors (Lipinski definition) is 3. The highest BCUT2D eigenvalue weighted by molar-refractivity contribution is 5.81. The molecule has 0 amide bonds. The van der Waals surface area contributed by atoms with Crippen LogP contribution in [0, 0.1) is 0 Å². The number of carbonyl (C=O) groups is 1. The van der Waals surface area contributed by atoms with Gasteiger partial charge in [-0.05, 0) is 6.92 Å². The molecule has 0 spiro atoms. The molecule has 0 aliphatic heterocycles. The van der Waals surface area contributed by atoms with Crippen LogP contribution in [0.25, 0.3) is 0 Å². The highest BCUT2D eigenvalue weighted by Crippen LogP contribution is 1.97. The summed E-state index contributed by atoms with van der Waals surface area (Å²) in [6.07, 6.45) is 3.20. The van der Waals surface area contributed by atoms with Crippen LogP contribution in [0.15, 0.2) is 25.5 Å². The minimum Gasteiger partial charge on any atom is -0.499 e. The van der Waals surface area contributed by atoms with Gasteiger partial charge in [0, 0.05) is 12.5 Å². The van der Waals surface area contributed by atoms with Crippen LogP contribution in [0.4, 0.5) is 0 Å². The van der Waals surface area contributed by atoms with E-state index in [9.17, 15) is 4.79 Å². The van der Waals surface area contributed by atoms with E-state index in [1.165, 1.54) is 6.26 Å². The van der Waals surface area contributed by atoms with Crippen molar-refractivity contribution in [3.63, 3.8) is 0 Å². The second-order valence-corrected chi connectivity index (χ2v) is 2.27. The van der Waals surface area contributed by atoms with Gasteiger partial charge in [0.15, 0.2) is 0 Å². The Bertz CT molecular complexity index is 163. The van der Waals surface area contributed by atoms with Crippen LogP contribution in [0.1, 0.15) is 13.3 Å². The topological polar surface area (TPSA) is 35.5 Å². The van der Waals surface area contributed by atoms with Crippen molar-refractivity contribution in [3.8, 4) is 0 Å². The van der Waals surface area contributed by atoms with Gasteiger partial charge in [0.1, 0.15) is 0 Å². The summed E-state index contributed by atoms with van der Waals surface area (Å²) < 4.78 is 9.74. The molecule has 1 unspecified atom stereocenters. The van der Waals surface area contributed by atoms with Crippen LogP contribution >= 0.6 is 0 Å². The summed E-state index contributed by atoms with van der Waals surface area (Å²) in [6.45, 7) is 8.91. The van der Waals surface area contributed by atoms with Gasteiger partial charge in [0.05, 0.1) is 19.0 Å². The number of carbonyl (C=O) groups excluding carboxylic acids is 1. The monoisotopic (exact) mass is 170 g/mol. The average Bonchev–Trinajstić information content (AvgIpc) is 2.04. The fourth-order valence-corrected chi connectivity index (χ4v) is 0.617. The van der Waals surface area contributed by atoms with Gasteiger partial charge in [-0.25, -0.2) is 4.79 Å². The number of ether oxygens (including phenoxy) is 2. The maximum Gasteiger partial charge on any atom is 0.330 e. The van der Waals surface area contributed by atoms with Gasteiger partial charge in [-0.1, -0.05) is 13.2 Å². The first-order valence-electron chi connectivity index (χ1n) is 3.76. The summed E-state index contributed by atoms with van der Waals surface area (Å²) in [5, 5.41) is 0. The largest absolute Gasteiger partial charge is 0.499 e. The van der Waals surface area contributed by atoms with Gasteiger partial charge in [0.2, 0.25) is 0 Å². The summed E-state index contributed by atoms with van der Waals surface area (Å²) in [4.78, 5) is 10.5. The van der Waals surface area contributed by atoms with Crippen molar-refractivity contribution in [3.05, 3.63) is 25.5 Å². The van der Waals surface area contributed by atoms with E-state index in [0.29, 0.717) is 13.0 Å². The van der Waals surface area contributed by atoms with E-state index >= 15 is 0 Å². The maximum atomic E-state index is 10.5. The molecule has 1 atom stereocenters. The Morgan fingerprint density at radius 1 is 1.58 bits per heavy atom. The van der Waals surface area contributed by atoms with Gasteiger partial charge in [-0.3, -0.25) is 0 Å². The summed E-state index contributed by atoms with van der Waals surface area (Å²) in [7, 11) is 0. The first kappa shape index (κ1) is 10.8. The molecule has 0 bridgehead atoms. The van der Waals surface area contributed by atoms with Gasteiger partial charge in [0.25, 0.3) is 0 Å². The number of esters is 1. The molecular weight excluding hydrogens is 156 g/mol. The number of rotatable bonds is 6. The molecule has 12 heavy (non-hydrogen) atoms. The Balaban J connectivity index is 3.35. The molecule has 0 aromatic rings. The summed E-state index contributed by atoms with van der Waals surface area (Å²) >= 11 is 0. The molecule has 0 saturated heterocycles. The standard InChI is InChI=1S/C9H14O3/c1-4-9(10)12-7-6-8(3)11-5-2/h4-5,8H,1-2,6-7H2,3H3. The minimum absolute atomic E-state index is 0.0279. The van der Waals surface area contributed by atoms with E-state index in [4.69, 9.17) is 9.47 Å². The van der Waals surface area contributed by atoms with Gasteiger partial charge >= 0.3 is 5.97 Å². The Hall–Kier alpha value is -1.25. The normalized spacial score (nSPS) is 11.4. The van der Waals surface area contributed by atoms with Crippen molar-refractivity contribution >= 4 is 5.97 Å². The Labute approximate surface area is 72.7 Å². The van der Waals surface area contributed by atoms with E-state index in [0.717, 1.165) is 6.08 Å². The van der Waals surface area contributed by atoms with E-state index in [1.54, 1.807) is 0 Å². The van der Waals surface area contributed by atoms with Crippen LogP contribution in [0.5, 0.6) is 0 Å². The molecule has 68 valence electrons. The Morgan fingerprint density at radius 2 is 2.25 bits per heavy atom. The van der Waals surface area contributed by atoms with Crippen LogP contribution in [-0.2, 0) is 14.3 Å². The average molecular weight is 170 g/mol. The fourth-order valence-electron chi connectivity index (χ4n) is 0.617. The Kier molecular flexibility index (Phi) is 5.79. The second-order valence-electron chi connectivity index (χ2n) is 2.27. The van der Waals surface area contributed by atoms with Crippen molar-refractivity contribution in [2.45, 2.75) is 19.4 Å². The third kappa shape index (κ3) is 5.53. The fraction of sp³-hybridized carbons (Fsp3) is 0.444. The SMILES string of the molecule is C=COC(C)CCOC(=O)C=C. The van der Waals surface area contributed by atoms with Crippen molar-refractivity contribution in [2.75, 3.05) is 6.61 Å². The van der Waals surface area contributed by atoms with Crippen molar-refractivity contribution < 1.29 is 14.3 Å². The number of hydrogen-bond donors (Lipinski definition) is 0. The van der Waals surface area contributed by atoms with E-state index in [-0.39, 0.29) is 6.10 Å². The molecule has 0 saturated carbocycles. The zero-order valence-corrected chi connectivity index (χ0v) is 7.29. The molecule has 3 nitrogen and oxygen atoms in total. The van der Waals surface area contributed by atoms with Crippen molar-refractivity contribution in [1.29, 1.82) is 0 Å². The van der Waals surface area contributed by atoms with E-state index in [1.807, 2.05) is 6.92 Å². The van der Waals surface area contributed by atoms with Crippen molar-refractivity contribution in [2.24, 2.45) is 0 Å². The summed E-state index contributed by atoms with van der Waals surface area (Å²) in [5.74, 6) is -0.402. The third-order valence-electron chi connectivity index (χ3n) is 1.26. The predicted octanol–water partition coefficient (Wildman–Crippen LogP) is 1.65. The molecule has 0 heterocycles. The van der Waals surface area contributed by atoms with Crippen LogP contribution in [-0.4, -0.2) is 18.7 Å². The smallest absolute Gasteiger partial charge is 0.330 e. The van der Waals surface area contributed by atoms with Crippen LogP contribution in [0.2, 0.25) is 0 Å². The van der Waals surface area contributed by atoms with Crippen molar-refractivity contribution in [1.82, 2.24) is 0 Å². The van der Waals surface area contributed by atoms with Gasteiger partial charge in [-0.2, -0.15) is 0 Å². The lowest BCUT2D eigenvalue weighted by Gasteiger charge is -2.09. The molecular formula is C9H14O3. The molecule has 0 aliphatic rings. The third-order valence-corrected chi connectivity index (χ3v) is 1.26. The zero-order chi connectivity index (χ0) is 9.40. The second kappa shape index (κ2) is 6.46. The molecule has 0 rings (SSSR count). The quantitative estimate of drug-likeness (QED) is 0.345. The lowest BCUT2D eigenvalue weighted by atomic mass is 10.3. The summed E-state index contributed by atoms with van der Waals surface area (Å²) in [6, 6.07) is 0. The molecule has 0 aromatic heterocycles. The molecule has 0 fully saturated rings.